The first-order chi connectivity index (χ1) is 14.5. The summed E-state index contributed by atoms with van der Waals surface area (Å²) >= 11 is 0. The molecule has 3 aliphatic rings. The summed E-state index contributed by atoms with van der Waals surface area (Å²) in [5.74, 6) is -1.03. The van der Waals surface area contributed by atoms with Gasteiger partial charge >= 0.3 is 0 Å². The lowest BCUT2D eigenvalue weighted by Crippen LogP contribution is -2.40. The molecule has 1 fully saturated rings. The van der Waals surface area contributed by atoms with Crippen LogP contribution in [0.1, 0.15) is 63.2 Å². The predicted octanol–water partition coefficient (Wildman–Crippen LogP) is 3.79. The first-order valence-electron chi connectivity index (χ1n) is 10.3. The lowest BCUT2D eigenvalue weighted by atomic mass is 9.94. The van der Waals surface area contributed by atoms with Crippen molar-refractivity contribution in [2.45, 2.75) is 38.1 Å². The monoisotopic (exact) mass is 408 g/mol. The average molecular weight is 408 g/mol. The SMILES string of the molecule is O=C(c1ccc2c(c1)C(=O)N(C1CCCCC1)C2=O)N1CCOc2cc(F)ccc21. The first kappa shape index (κ1) is 18.8. The molecule has 7 heteroatoms. The number of carbonyl (C=O) groups excluding carboxylic acids is 3. The molecule has 0 radical (unpaired) electrons. The number of imide groups is 1. The Labute approximate surface area is 173 Å². The third-order valence-corrected chi connectivity index (χ3v) is 6.14. The Hall–Kier alpha value is -3.22. The van der Waals surface area contributed by atoms with Gasteiger partial charge in [-0.25, -0.2) is 4.39 Å². The zero-order valence-electron chi connectivity index (χ0n) is 16.4. The zero-order chi connectivity index (χ0) is 20.8. The lowest BCUT2D eigenvalue weighted by molar-refractivity contribution is 0.0549. The van der Waals surface area contributed by atoms with Gasteiger partial charge in [-0.1, -0.05) is 19.3 Å². The molecule has 0 saturated heterocycles. The second-order valence-electron chi connectivity index (χ2n) is 7.95. The highest BCUT2D eigenvalue weighted by Gasteiger charge is 2.40. The molecule has 6 nitrogen and oxygen atoms in total. The van der Waals surface area contributed by atoms with Crippen molar-refractivity contribution in [1.82, 2.24) is 4.90 Å². The van der Waals surface area contributed by atoms with Crippen LogP contribution >= 0.6 is 0 Å². The summed E-state index contributed by atoms with van der Waals surface area (Å²) in [4.78, 5) is 41.9. The summed E-state index contributed by atoms with van der Waals surface area (Å²) in [6.45, 7) is 0.565. The Kier molecular flexibility index (Phi) is 4.53. The van der Waals surface area contributed by atoms with E-state index in [1.54, 1.807) is 12.1 Å². The van der Waals surface area contributed by atoms with Crippen LogP contribution in [0.25, 0.3) is 0 Å². The fraction of sp³-hybridized carbons (Fsp3) is 0.348. The number of fused-ring (bicyclic) bond motifs is 2. The summed E-state index contributed by atoms with van der Waals surface area (Å²) < 4.78 is 19.0. The van der Waals surface area contributed by atoms with Crippen LogP contribution in [0, 0.1) is 5.82 Å². The molecule has 0 unspecified atom stereocenters. The molecule has 0 spiro atoms. The first-order valence-corrected chi connectivity index (χ1v) is 10.3. The van der Waals surface area contributed by atoms with Gasteiger partial charge in [-0.2, -0.15) is 0 Å². The molecular weight excluding hydrogens is 387 g/mol. The van der Waals surface area contributed by atoms with Crippen molar-refractivity contribution in [3.63, 3.8) is 0 Å². The van der Waals surface area contributed by atoms with E-state index in [0.29, 0.717) is 29.1 Å². The highest BCUT2D eigenvalue weighted by atomic mass is 19.1. The Morgan fingerprint density at radius 1 is 0.967 bits per heavy atom. The summed E-state index contributed by atoms with van der Waals surface area (Å²) in [6, 6.07) is 8.63. The van der Waals surface area contributed by atoms with E-state index in [4.69, 9.17) is 4.74 Å². The van der Waals surface area contributed by atoms with E-state index < -0.39 is 5.82 Å². The molecule has 1 aliphatic carbocycles. The van der Waals surface area contributed by atoms with Crippen molar-refractivity contribution in [2.24, 2.45) is 0 Å². The molecule has 0 N–H and O–H groups in total. The number of nitrogens with zero attached hydrogens (tertiary/aromatic N) is 2. The number of amides is 3. The molecule has 0 aromatic heterocycles. The van der Waals surface area contributed by atoms with Crippen LogP contribution in [0.5, 0.6) is 5.75 Å². The minimum atomic E-state index is -0.438. The molecule has 30 heavy (non-hydrogen) atoms. The fourth-order valence-corrected chi connectivity index (χ4v) is 4.62. The number of carbonyl (C=O) groups is 3. The van der Waals surface area contributed by atoms with Gasteiger partial charge in [0.1, 0.15) is 18.2 Å². The molecule has 2 aliphatic heterocycles. The Balaban J connectivity index is 1.45. The van der Waals surface area contributed by atoms with Gasteiger partial charge in [-0.05, 0) is 43.2 Å². The van der Waals surface area contributed by atoms with Crippen LogP contribution in [0.3, 0.4) is 0 Å². The van der Waals surface area contributed by atoms with Crippen molar-refractivity contribution in [3.05, 3.63) is 58.9 Å². The van der Waals surface area contributed by atoms with E-state index in [2.05, 4.69) is 0 Å². The summed E-state index contributed by atoms with van der Waals surface area (Å²) in [5, 5.41) is 0. The number of benzene rings is 2. The molecule has 1 saturated carbocycles. The molecule has 5 rings (SSSR count). The second-order valence-corrected chi connectivity index (χ2v) is 7.95. The molecular formula is C23H21FN2O4. The van der Waals surface area contributed by atoms with Crippen molar-refractivity contribution < 1.29 is 23.5 Å². The van der Waals surface area contributed by atoms with E-state index >= 15 is 0 Å². The molecule has 154 valence electrons. The standard InChI is InChI=1S/C23H21FN2O4/c24-15-7-9-19-20(13-15)30-11-10-25(19)21(27)14-6-8-17-18(12-14)23(29)26(22(17)28)16-4-2-1-3-5-16/h6-9,12-13,16H,1-5,10-11H2. The predicted molar refractivity (Wildman–Crippen MR) is 107 cm³/mol. The number of rotatable bonds is 2. The van der Waals surface area contributed by atoms with Crippen molar-refractivity contribution >= 4 is 23.4 Å². The van der Waals surface area contributed by atoms with Crippen molar-refractivity contribution in [3.8, 4) is 5.75 Å². The van der Waals surface area contributed by atoms with Crippen molar-refractivity contribution in [1.29, 1.82) is 0 Å². The summed E-state index contributed by atoms with van der Waals surface area (Å²) in [6.07, 6.45) is 4.82. The highest BCUT2D eigenvalue weighted by molar-refractivity contribution is 6.22. The number of hydrogen-bond acceptors (Lipinski definition) is 4. The number of ether oxygens (including phenoxy) is 1. The van der Waals surface area contributed by atoms with Crippen LogP contribution in [-0.2, 0) is 0 Å². The number of anilines is 1. The molecule has 2 aromatic carbocycles. The maximum absolute atomic E-state index is 13.5. The van der Waals surface area contributed by atoms with E-state index in [1.165, 1.54) is 34.1 Å². The van der Waals surface area contributed by atoms with Gasteiger partial charge < -0.3 is 9.64 Å². The van der Waals surface area contributed by atoms with Crippen LogP contribution in [0.2, 0.25) is 0 Å². The zero-order valence-corrected chi connectivity index (χ0v) is 16.4. The van der Waals surface area contributed by atoms with Gasteiger partial charge in [-0.3, -0.25) is 19.3 Å². The Bertz CT molecular complexity index is 1060. The van der Waals surface area contributed by atoms with Gasteiger partial charge in [0.05, 0.1) is 23.4 Å². The maximum atomic E-state index is 13.5. The third-order valence-electron chi connectivity index (χ3n) is 6.14. The van der Waals surface area contributed by atoms with Crippen LogP contribution in [0.15, 0.2) is 36.4 Å². The summed E-state index contributed by atoms with van der Waals surface area (Å²) in [5.41, 5.74) is 1.44. The summed E-state index contributed by atoms with van der Waals surface area (Å²) in [7, 11) is 0. The van der Waals surface area contributed by atoms with Gasteiger partial charge in [-0.15, -0.1) is 0 Å². The average Bonchev–Trinajstić information content (AvgIpc) is 3.02. The molecule has 2 heterocycles. The Morgan fingerprint density at radius 2 is 1.73 bits per heavy atom. The Morgan fingerprint density at radius 3 is 2.53 bits per heavy atom. The molecule has 3 amide bonds. The third kappa shape index (κ3) is 2.96. The normalized spacial score (nSPS) is 18.8. The van der Waals surface area contributed by atoms with Gasteiger partial charge in [0, 0.05) is 17.7 Å². The number of hydrogen-bond donors (Lipinski definition) is 0. The quantitative estimate of drug-likeness (QED) is 0.709. The minimum absolute atomic E-state index is 0.0636. The van der Waals surface area contributed by atoms with Crippen LogP contribution in [-0.4, -0.2) is 41.8 Å². The largest absolute Gasteiger partial charge is 0.489 e. The van der Waals surface area contributed by atoms with E-state index in [1.807, 2.05) is 0 Å². The maximum Gasteiger partial charge on any atom is 0.261 e. The smallest absolute Gasteiger partial charge is 0.261 e. The van der Waals surface area contributed by atoms with Crippen LogP contribution < -0.4 is 9.64 Å². The van der Waals surface area contributed by atoms with Gasteiger partial charge in [0.2, 0.25) is 0 Å². The van der Waals surface area contributed by atoms with E-state index in [9.17, 15) is 18.8 Å². The minimum Gasteiger partial charge on any atom is -0.489 e. The molecule has 0 atom stereocenters. The fourth-order valence-electron chi connectivity index (χ4n) is 4.62. The molecule has 2 aromatic rings. The van der Waals surface area contributed by atoms with E-state index in [-0.39, 0.29) is 35.9 Å². The highest BCUT2D eigenvalue weighted by Crippen LogP contribution is 2.35. The van der Waals surface area contributed by atoms with Gasteiger partial charge in [0.25, 0.3) is 17.7 Å². The van der Waals surface area contributed by atoms with E-state index in [0.717, 1.165) is 32.1 Å². The van der Waals surface area contributed by atoms with Crippen LogP contribution in [0.4, 0.5) is 10.1 Å². The topological polar surface area (TPSA) is 66.9 Å². The lowest BCUT2D eigenvalue weighted by Gasteiger charge is -2.29. The van der Waals surface area contributed by atoms with Crippen molar-refractivity contribution in [2.75, 3.05) is 18.1 Å². The van der Waals surface area contributed by atoms with Gasteiger partial charge in [0.15, 0.2) is 0 Å². The number of halogens is 1. The second kappa shape index (κ2) is 7.23. The molecule has 0 bridgehead atoms.